The number of halogens is 3. The minimum Gasteiger partial charge on any atom is -0.383 e. The third-order valence-electron chi connectivity index (χ3n) is 3.01. The lowest BCUT2D eigenvalue weighted by Crippen LogP contribution is -2.41. The van der Waals surface area contributed by atoms with Crippen molar-refractivity contribution in [3.8, 4) is 0 Å². The SMILES string of the molecule is CCN(C(C)COC)S(=O)(=O)c1cc(CCl)cc(F)c1F. The van der Waals surface area contributed by atoms with Gasteiger partial charge in [0, 0.05) is 25.6 Å². The summed E-state index contributed by atoms with van der Waals surface area (Å²) in [4.78, 5) is -0.706. The molecule has 0 spiro atoms. The highest BCUT2D eigenvalue weighted by atomic mass is 35.5. The Balaban J connectivity index is 3.38. The normalized spacial score (nSPS) is 13.7. The molecule has 0 bridgehead atoms. The number of rotatable bonds is 7. The first-order valence-electron chi connectivity index (χ1n) is 6.34. The number of ether oxygens (including phenoxy) is 1. The van der Waals surface area contributed by atoms with Crippen molar-refractivity contribution in [2.75, 3.05) is 20.3 Å². The van der Waals surface area contributed by atoms with Crippen LogP contribution in [-0.2, 0) is 20.6 Å². The molecule has 0 aromatic heterocycles. The number of sulfonamides is 1. The van der Waals surface area contributed by atoms with Crippen LogP contribution in [0.4, 0.5) is 8.78 Å². The fraction of sp³-hybridized carbons (Fsp3) is 0.538. The first-order valence-corrected chi connectivity index (χ1v) is 8.31. The fourth-order valence-electron chi connectivity index (χ4n) is 2.05. The van der Waals surface area contributed by atoms with E-state index in [-0.39, 0.29) is 24.6 Å². The third-order valence-corrected chi connectivity index (χ3v) is 5.40. The molecule has 4 nitrogen and oxygen atoms in total. The van der Waals surface area contributed by atoms with Crippen molar-refractivity contribution in [3.05, 3.63) is 29.3 Å². The van der Waals surface area contributed by atoms with Gasteiger partial charge in [-0.25, -0.2) is 17.2 Å². The van der Waals surface area contributed by atoms with E-state index in [0.29, 0.717) is 0 Å². The van der Waals surface area contributed by atoms with Crippen molar-refractivity contribution in [1.29, 1.82) is 0 Å². The van der Waals surface area contributed by atoms with Crippen LogP contribution in [0.1, 0.15) is 19.4 Å². The molecule has 0 fully saturated rings. The standard InChI is InChI=1S/C13H18ClF2NO3S/c1-4-17(9(2)8-20-3)21(18,19)12-6-10(7-14)5-11(15)13(12)16/h5-6,9H,4,7-8H2,1-3H3. The summed E-state index contributed by atoms with van der Waals surface area (Å²) in [5, 5.41) is 0. The van der Waals surface area contributed by atoms with Crippen LogP contribution in [0.25, 0.3) is 0 Å². The quantitative estimate of drug-likeness (QED) is 0.716. The molecule has 8 heteroatoms. The molecule has 0 aliphatic carbocycles. The zero-order valence-corrected chi connectivity index (χ0v) is 13.6. The van der Waals surface area contributed by atoms with Gasteiger partial charge in [-0.1, -0.05) is 6.92 Å². The first-order chi connectivity index (χ1) is 9.79. The second kappa shape index (κ2) is 7.49. The molecule has 21 heavy (non-hydrogen) atoms. The lowest BCUT2D eigenvalue weighted by molar-refractivity contribution is 0.142. The lowest BCUT2D eigenvalue weighted by Gasteiger charge is -2.27. The van der Waals surface area contributed by atoms with E-state index in [4.69, 9.17) is 16.3 Å². The van der Waals surface area contributed by atoms with E-state index < -0.39 is 32.6 Å². The van der Waals surface area contributed by atoms with Gasteiger partial charge in [0.15, 0.2) is 11.6 Å². The van der Waals surface area contributed by atoms with Gasteiger partial charge in [-0.15, -0.1) is 11.6 Å². The number of hydrogen-bond donors (Lipinski definition) is 0. The second-order valence-corrected chi connectivity index (χ2v) is 6.66. The molecule has 0 saturated heterocycles. The summed E-state index contributed by atoms with van der Waals surface area (Å²) < 4.78 is 58.5. The summed E-state index contributed by atoms with van der Waals surface area (Å²) in [5.74, 6) is -2.74. The highest BCUT2D eigenvalue weighted by Gasteiger charge is 2.31. The average molecular weight is 342 g/mol. The van der Waals surface area contributed by atoms with Crippen LogP contribution in [-0.4, -0.2) is 39.0 Å². The van der Waals surface area contributed by atoms with E-state index in [1.54, 1.807) is 13.8 Å². The van der Waals surface area contributed by atoms with E-state index >= 15 is 0 Å². The van der Waals surface area contributed by atoms with Gasteiger partial charge in [0.2, 0.25) is 10.0 Å². The van der Waals surface area contributed by atoms with Gasteiger partial charge in [0.1, 0.15) is 4.90 Å². The number of alkyl halides is 1. The molecule has 1 unspecified atom stereocenters. The minimum absolute atomic E-state index is 0.110. The molecular formula is C13H18ClF2NO3S. The predicted molar refractivity (Wildman–Crippen MR) is 76.8 cm³/mol. The average Bonchev–Trinajstić information content (AvgIpc) is 2.42. The Labute approximate surface area is 128 Å². The fourth-order valence-corrected chi connectivity index (χ4v) is 3.96. The maximum atomic E-state index is 13.9. The molecule has 1 aromatic rings. The van der Waals surface area contributed by atoms with Crippen LogP contribution in [0.3, 0.4) is 0 Å². The molecule has 0 aliphatic heterocycles. The molecule has 0 aliphatic rings. The van der Waals surface area contributed by atoms with Gasteiger partial charge in [0.05, 0.1) is 6.61 Å². The molecule has 0 N–H and O–H groups in total. The molecular weight excluding hydrogens is 324 g/mol. The number of nitrogens with zero attached hydrogens (tertiary/aromatic N) is 1. The van der Waals surface area contributed by atoms with Gasteiger partial charge in [-0.3, -0.25) is 0 Å². The maximum Gasteiger partial charge on any atom is 0.246 e. The molecule has 120 valence electrons. The van der Waals surface area contributed by atoms with Crippen LogP contribution >= 0.6 is 11.6 Å². The Bertz CT molecular complexity index is 595. The zero-order valence-electron chi connectivity index (χ0n) is 12.1. The van der Waals surface area contributed by atoms with E-state index in [1.165, 1.54) is 7.11 Å². The van der Waals surface area contributed by atoms with E-state index in [0.717, 1.165) is 16.4 Å². The highest BCUT2D eigenvalue weighted by molar-refractivity contribution is 7.89. The Kier molecular flexibility index (Phi) is 6.52. The largest absolute Gasteiger partial charge is 0.383 e. The molecule has 0 saturated carbocycles. The molecule has 1 atom stereocenters. The summed E-state index contributed by atoms with van der Waals surface area (Å²) in [6.07, 6.45) is 0. The Hall–Kier alpha value is -0.760. The number of benzene rings is 1. The van der Waals surface area contributed by atoms with Crippen LogP contribution in [0.5, 0.6) is 0 Å². The first kappa shape index (κ1) is 18.3. The van der Waals surface area contributed by atoms with Gasteiger partial charge in [-0.2, -0.15) is 4.31 Å². The monoisotopic (exact) mass is 341 g/mol. The predicted octanol–water partition coefficient (Wildman–Crippen LogP) is 2.75. The summed E-state index contributed by atoms with van der Waals surface area (Å²) in [7, 11) is -2.74. The van der Waals surface area contributed by atoms with Gasteiger partial charge in [0.25, 0.3) is 0 Å². The van der Waals surface area contributed by atoms with Gasteiger partial charge >= 0.3 is 0 Å². The topological polar surface area (TPSA) is 46.6 Å². The van der Waals surface area contributed by atoms with Crippen LogP contribution in [0.15, 0.2) is 17.0 Å². The number of methoxy groups -OCH3 is 1. The summed E-state index contributed by atoms with van der Waals surface area (Å²) in [6, 6.07) is 1.44. The summed E-state index contributed by atoms with van der Waals surface area (Å²) >= 11 is 5.58. The van der Waals surface area contributed by atoms with Crippen molar-refractivity contribution in [2.24, 2.45) is 0 Å². The van der Waals surface area contributed by atoms with Crippen molar-refractivity contribution >= 4 is 21.6 Å². The smallest absolute Gasteiger partial charge is 0.246 e. The van der Waals surface area contributed by atoms with Crippen molar-refractivity contribution in [1.82, 2.24) is 4.31 Å². The molecule has 0 heterocycles. The highest BCUT2D eigenvalue weighted by Crippen LogP contribution is 2.25. The number of hydrogen-bond acceptors (Lipinski definition) is 3. The van der Waals surface area contributed by atoms with E-state index in [1.807, 2.05) is 0 Å². The van der Waals surface area contributed by atoms with Gasteiger partial charge < -0.3 is 4.74 Å². The van der Waals surface area contributed by atoms with Crippen molar-refractivity contribution < 1.29 is 21.9 Å². The summed E-state index contributed by atoms with van der Waals surface area (Å²) in [6.45, 7) is 3.50. The summed E-state index contributed by atoms with van der Waals surface area (Å²) in [5.41, 5.74) is 0.199. The third kappa shape index (κ3) is 3.91. The van der Waals surface area contributed by atoms with E-state index in [2.05, 4.69) is 0 Å². The Morgan fingerprint density at radius 1 is 1.38 bits per heavy atom. The number of likely N-dealkylation sites (N-methyl/N-ethyl adjacent to an activating group) is 1. The maximum absolute atomic E-state index is 13.9. The second-order valence-electron chi connectivity index (χ2n) is 4.54. The van der Waals surface area contributed by atoms with Crippen LogP contribution in [0.2, 0.25) is 0 Å². The molecule has 1 aromatic carbocycles. The zero-order chi connectivity index (χ0) is 16.2. The minimum atomic E-state index is -4.18. The van der Waals surface area contributed by atoms with Crippen molar-refractivity contribution in [2.45, 2.75) is 30.7 Å². The lowest BCUT2D eigenvalue weighted by atomic mass is 10.2. The van der Waals surface area contributed by atoms with Crippen LogP contribution in [0, 0.1) is 11.6 Å². The van der Waals surface area contributed by atoms with Crippen molar-refractivity contribution in [3.63, 3.8) is 0 Å². The molecule has 1 rings (SSSR count). The molecule has 0 amide bonds. The van der Waals surface area contributed by atoms with Crippen LogP contribution < -0.4 is 0 Å². The Morgan fingerprint density at radius 2 is 2.00 bits per heavy atom. The van der Waals surface area contributed by atoms with E-state index in [9.17, 15) is 17.2 Å². The van der Waals surface area contributed by atoms with Gasteiger partial charge in [-0.05, 0) is 24.6 Å². The molecule has 0 radical (unpaired) electrons. The Morgan fingerprint density at radius 3 is 2.48 bits per heavy atom.